The highest BCUT2D eigenvalue weighted by molar-refractivity contribution is 7.91. The molecule has 1 amide bonds. The Hall–Kier alpha value is -5.10. The fourth-order valence-corrected chi connectivity index (χ4v) is 7.83. The van der Waals surface area contributed by atoms with Gasteiger partial charge >= 0.3 is 12.5 Å². The highest BCUT2D eigenvalue weighted by Crippen LogP contribution is 2.34. The summed E-state index contributed by atoms with van der Waals surface area (Å²) in [6.45, 7) is 6.55. The third kappa shape index (κ3) is 10.6. The molecule has 0 unspecified atom stereocenters. The summed E-state index contributed by atoms with van der Waals surface area (Å²) >= 11 is 0. The molecule has 0 bridgehead atoms. The van der Waals surface area contributed by atoms with Crippen LogP contribution in [0.4, 0.5) is 37.7 Å². The molecule has 6 rings (SSSR count). The molecule has 11 nitrogen and oxygen atoms in total. The van der Waals surface area contributed by atoms with Gasteiger partial charge < -0.3 is 24.2 Å². The minimum Gasteiger partial charge on any atom is -0.438 e. The molecule has 4 aromatic rings. The van der Waals surface area contributed by atoms with E-state index >= 15 is 0 Å². The number of piperidine rings is 1. The van der Waals surface area contributed by atoms with Gasteiger partial charge in [0.15, 0.2) is 5.69 Å². The summed E-state index contributed by atoms with van der Waals surface area (Å²) in [5.41, 5.74) is 1.01. The second kappa shape index (κ2) is 16.3. The maximum Gasteiger partial charge on any atom is 0.573 e. The predicted octanol–water partition coefficient (Wildman–Crippen LogP) is 7.29. The lowest BCUT2D eigenvalue weighted by Gasteiger charge is -2.36. The number of aromatic nitrogens is 2. The molecule has 1 N–H and O–H groups in total. The number of nitrogens with zero attached hydrogens (tertiary/aromatic N) is 5. The maximum atomic E-state index is 13.8. The van der Waals surface area contributed by atoms with E-state index in [4.69, 9.17) is 4.74 Å². The number of likely N-dealkylation sites (tertiary alicyclic amines) is 1. The number of amides is 1. The number of anilines is 2. The molecule has 18 heteroatoms. The Morgan fingerprint density at radius 3 is 2.16 bits per heavy atom. The number of hydrogen-bond donors (Lipinski definition) is 1. The van der Waals surface area contributed by atoms with Crippen molar-refractivity contribution >= 4 is 27.3 Å². The van der Waals surface area contributed by atoms with Crippen molar-refractivity contribution < 1.29 is 49.0 Å². The Morgan fingerprint density at radius 1 is 0.836 bits per heavy atom. The van der Waals surface area contributed by atoms with Gasteiger partial charge in [-0.3, -0.25) is 9.52 Å². The minimum absolute atomic E-state index is 0.0816. The van der Waals surface area contributed by atoms with Gasteiger partial charge in [0.25, 0.3) is 5.91 Å². The van der Waals surface area contributed by atoms with Gasteiger partial charge in [0.05, 0.1) is 17.1 Å². The number of nitrogens with one attached hydrogen (secondary N) is 1. The quantitative estimate of drug-likeness (QED) is 0.156. The van der Waals surface area contributed by atoms with E-state index in [-0.39, 0.29) is 34.5 Å². The van der Waals surface area contributed by atoms with Crippen LogP contribution >= 0.6 is 0 Å². The van der Waals surface area contributed by atoms with Crippen LogP contribution in [0.1, 0.15) is 52.9 Å². The van der Waals surface area contributed by atoms with Crippen molar-refractivity contribution in [3.63, 3.8) is 0 Å². The summed E-state index contributed by atoms with van der Waals surface area (Å²) in [6, 6.07) is 18.6. The predicted molar refractivity (Wildman–Crippen MR) is 192 cm³/mol. The summed E-state index contributed by atoms with van der Waals surface area (Å²) in [5, 5.41) is 6.65. The molecule has 0 saturated carbocycles. The molecule has 2 fully saturated rings. The van der Waals surface area contributed by atoms with Crippen LogP contribution in [0.2, 0.25) is 0 Å². The molecule has 0 radical (unpaired) electrons. The molecule has 3 heterocycles. The number of likely N-dealkylation sites (N-methyl/N-ethyl adjacent to an activating group) is 1. The van der Waals surface area contributed by atoms with Crippen LogP contribution in [-0.2, 0) is 22.0 Å². The van der Waals surface area contributed by atoms with E-state index in [1.54, 1.807) is 29.2 Å². The average molecular weight is 793 g/mol. The number of carbonyl (C=O) groups excluding carboxylic acids is 1. The first-order valence-corrected chi connectivity index (χ1v) is 19.1. The number of alkyl halides is 6. The van der Waals surface area contributed by atoms with Gasteiger partial charge in [-0.15, -0.1) is 23.4 Å². The molecule has 0 atom stereocenters. The Kier molecular flexibility index (Phi) is 11.8. The summed E-state index contributed by atoms with van der Waals surface area (Å²) in [5.74, 6) is -1.04. The maximum absolute atomic E-state index is 13.8. The molecular weight excluding hydrogens is 754 g/mol. The Labute approximate surface area is 313 Å². The topological polar surface area (TPSA) is 117 Å². The van der Waals surface area contributed by atoms with Crippen LogP contribution in [0.3, 0.4) is 0 Å². The molecule has 3 aromatic carbocycles. The molecule has 294 valence electrons. The van der Waals surface area contributed by atoms with Gasteiger partial charge in [0.1, 0.15) is 11.5 Å². The Morgan fingerprint density at radius 2 is 1.55 bits per heavy atom. The first kappa shape index (κ1) is 39.6. The Balaban J connectivity index is 1.12. The second-order valence-corrected chi connectivity index (χ2v) is 14.9. The number of rotatable bonds is 11. The van der Waals surface area contributed by atoms with E-state index in [1.165, 1.54) is 18.2 Å². The highest BCUT2D eigenvalue weighted by Gasteiger charge is 2.33. The first-order valence-electron chi connectivity index (χ1n) is 17.5. The lowest BCUT2D eigenvalue weighted by molar-refractivity contribution is -0.274. The minimum atomic E-state index is -4.94. The van der Waals surface area contributed by atoms with Crippen LogP contribution in [0.5, 0.6) is 17.4 Å². The number of ether oxygens (including phenoxy) is 2. The van der Waals surface area contributed by atoms with Crippen LogP contribution in [0.15, 0.2) is 78.9 Å². The molecule has 2 aliphatic heterocycles. The van der Waals surface area contributed by atoms with Gasteiger partial charge in [-0.1, -0.05) is 31.2 Å². The molecule has 1 aromatic heterocycles. The number of benzene rings is 3. The molecular formula is C37H38F6N6O5S. The molecule has 2 aliphatic rings. The number of carbonyl (C=O) groups is 1. The molecule has 0 spiro atoms. The van der Waals surface area contributed by atoms with Gasteiger partial charge in [-0.2, -0.15) is 13.2 Å². The van der Waals surface area contributed by atoms with Crippen molar-refractivity contribution in [1.82, 2.24) is 20.0 Å². The van der Waals surface area contributed by atoms with Crippen LogP contribution in [0, 0.1) is 0 Å². The summed E-state index contributed by atoms with van der Waals surface area (Å²) < 4.78 is 116. The standard InChI is InChI=1S/C37H38F6N6O5S/c1-2-47-18-20-48(21-19-47)32-11-8-28(23-31(32)46-55(51,52)24-25-4-3-5-30(22-25)54-37(41,42)43)35(50)49-16-14-27(15-17-49)26-6-9-29(10-7-26)53-34-13-12-33(44-45-34)36(38,39)40/h3-13,22-23,27,46H,2,14-21,24H2,1H3. The van der Waals surface area contributed by atoms with Crippen LogP contribution in [0.25, 0.3) is 0 Å². The van der Waals surface area contributed by atoms with Crippen molar-refractivity contribution in [2.45, 2.75) is 44.0 Å². The van der Waals surface area contributed by atoms with Gasteiger partial charge in [-0.05, 0) is 85.0 Å². The molecule has 0 aliphatic carbocycles. The van der Waals surface area contributed by atoms with Gasteiger partial charge in [0.2, 0.25) is 15.9 Å². The highest BCUT2D eigenvalue weighted by atomic mass is 32.2. The van der Waals surface area contributed by atoms with Gasteiger partial charge in [0, 0.05) is 50.9 Å². The van der Waals surface area contributed by atoms with E-state index in [2.05, 4.69) is 31.5 Å². The van der Waals surface area contributed by atoms with E-state index in [1.807, 2.05) is 17.0 Å². The SMILES string of the molecule is CCN1CCN(c2ccc(C(=O)N3CCC(c4ccc(Oc5ccc(C(F)(F)F)nn5)cc4)CC3)cc2NS(=O)(=O)Cc2cccc(OC(F)(F)F)c2)CC1. The lowest BCUT2D eigenvalue weighted by atomic mass is 9.89. The normalized spacial score (nSPS) is 16.2. The zero-order valence-electron chi connectivity index (χ0n) is 29.6. The van der Waals surface area contributed by atoms with Crippen LogP contribution in [-0.4, -0.2) is 86.5 Å². The number of piperazine rings is 1. The fourth-order valence-electron chi connectivity index (χ4n) is 6.64. The summed E-state index contributed by atoms with van der Waals surface area (Å²) in [6.07, 6.45) is -8.25. The number of hydrogen-bond acceptors (Lipinski definition) is 9. The lowest BCUT2D eigenvalue weighted by Crippen LogP contribution is -2.46. The zero-order valence-corrected chi connectivity index (χ0v) is 30.4. The van der Waals surface area contributed by atoms with Crippen molar-refractivity contribution in [2.24, 2.45) is 0 Å². The number of halogens is 6. The van der Waals surface area contributed by atoms with Gasteiger partial charge in [-0.25, -0.2) is 8.42 Å². The van der Waals surface area contributed by atoms with Crippen LogP contribution < -0.4 is 19.1 Å². The number of sulfonamides is 1. The third-order valence-corrected chi connectivity index (χ3v) is 10.7. The largest absolute Gasteiger partial charge is 0.573 e. The van der Waals surface area contributed by atoms with E-state index in [0.717, 1.165) is 49.5 Å². The van der Waals surface area contributed by atoms with Crippen molar-refractivity contribution in [1.29, 1.82) is 0 Å². The first-order chi connectivity index (χ1) is 26.0. The summed E-state index contributed by atoms with van der Waals surface area (Å²) in [4.78, 5) is 19.8. The second-order valence-electron chi connectivity index (χ2n) is 13.2. The van der Waals surface area contributed by atoms with Crippen molar-refractivity contribution in [3.05, 3.63) is 101 Å². The summed E-state index contributed by atoms with van der Waals surface area (Å²) in [7, 11) is -4.16. The zero-order chi connectivity index (χ0) is 39.4. The monoisotopic (exact) mass is 792 g/mol. The fraction of sp³-hybridized carbons (Fsp3) is 0.378. The smallest absolute Gasteiger partial charge is 0.438 e. The average Bonchev–Trinajstić information content (AvgIpc) is 3.14. The molecule has 55 heavy (non-hydrogen) atoms. The van der Waals surface area contributed by atoms with E-state index < -0.39 is 39.8 Å². The third-order valence-electron chi connectivity index (χ3n) is 9.44. The van der Waals surface area contributed by atoms with Crippen molar-refractivity contribution in [3.8, 4) is 17.4 Å². The Bertz CT molecular complexity index is 2050. The molecule has 2 saturated heterocycles. The van der Waals surface area contributed by atoms with E-state index in [9.17, 15) is 39.6 Å². The van der Waals surface area contributed by atoms with E-state index in [0.29, 0.717) is 50.5 Å². The van der Waals surface area contributed by atoms with Crippen molar-refractivity contribution in [2.75, 3.05) is 55.4 Å².